The highest BCUT2D eigenvalue weighted by Crippen LogP contribution is 2.33. The van der Waals surface area contributed by atoms with E-state index < -0.39 is 10.0 Å². The Balaban J connectivity index is 2.31. The number of nitrogens with two attached hydrogens (primary N) is 1. The zero-order valence-corrected chi connectivity index (χ0v) is 13.0. The summed E-state index contributed by atoms with van der Waals surface area (Å²) in [5, 5.41) is 0. The van der Waals surface area contributed by atoms with Crippen LogP contribution in [0.4, 0.5) is 0 Å². The summed E-state index contributed by atoms with van der Waals surface area (Å²) in [6.45, 7) is 2.32. The van der Waals surface area contributed by atoms with E-state index in [-0.39, 0.29) is 0 Å². The number of halogens is 1. The van der Waals surface area contributed by atoms with Crippen LogP contribution in [-0.2, 0) is 21.3 Å². The molecule has 5 nitrogen and oxygen atoms in total. The van der Waals surface area contributed by atoms with E-state index >= 15 is 0 Å². The largest absolute Gasteiger partial charge is 0.380 e. The molecular formula is C10H15BrN2O3S2. The van der Waals surface area contributed by atoms with Crippen LogP contribution in [0.1, 0.15) is 11.3 Å². The first kappa shape index (κ1) is 14.4. The number of hydrogen-bond donors (Lipinski definition) is 1. The van der Waals surface area contributed by atoms with E-state index in [9.17, 15) is 8.42 Å². The topological polar surface area (TPSA) is 72.6 Å². The molecular weight excluding hydrogens is 340 g/mol. The van der Waals surface area contributed by atoms with Crippen molar-refractivity contribution in [3.63, 3.8) is 0 Å². The van der Waals surface area contributed by atoms with Crippen molar-refractivity contribution < 1.29 is 13.2 Å². The molecule has 1 aliphatic rings. The minimum Gasteiger partial charge on any atom is -0.380 e. The predicted molar refractivity (Wildman–Crippen MR) is 74.1 cm³/mol. The van der Waals surface area contributed by atoms with E-state index in [1.54, 1.807) is 6.07 Å². The van der Waals surface area contributed by atoms with Crippen molar-refractivity contribution in [3.05, 3.63) is 14.7 Å². The summed E-state index contributed by atoms with van der Waals surface area (Å²) in [5.41, 5.74) is 5.54. The summed E-state index contributed by atoms with van der Waals surface area (Å²) in [6.07, 6.45) is 0.727. The van der Waals surface area contributed by atoms with Gasteiger partial charge in [0.2, 0.25) is 10.0 Å². The SMILES string of the molecule is NCc1cc(S(=O)(=O)N2CCCOCC2)c(Br)s1. The minimum atomic E-state index is -3.44. The molecule has 0 atom stereocenters. The fourth-order valence-electron chi connectivity index (χ4n) is 1.78. The highest BCUT2D eigenvalue weighted by Gasteiger charge is 2.28. The lowest BCUT2D eigenvalue weighted by Crippen LogP contribution is -2.33. The van der Waals surface area contributed by atoms with Gasteiger partial charge in [-0.15, -0.1) is 11.3 Å². The van der Waals surface area contributed by atoms with Crippen LogP contribution < -0.4 is 5.73 Å². The summed E-state index contributed by atoms with van der Waals surface area (Å²) in [6, 6.07) is 1.65. The van der Waals surface area contributed by atoms with E-state index in [0.717, 1.165) is 11.3 Å². The fourth-order valence-corrected chi connectivity index (χ4v) is 5.75. The van der Waals surface area contributed by atoms with E-state index in [0.29, 0.717) is 41.5 Å². The smallest absolute Gasteiger partial charge is 0.245 e. The summed E-state index contributed by atoms with van der Waals surface area (Å²) in [4.78, 5) is 1.17. The molecule has 0 spiro atoms. The van der Waals surface area contributed by atoms with Crippen molar-refractivity contribution in [3.8, 4) is 0 Å². The molecule has 0 bridgehead atoms. The maximum Gasteiger partial charge on any atom is 0.245 e. The maximum atomic E-state index is 12.5. The molecule has 1 saturated heterocycles. The van der Waals surface area contributed by atoms with Crippen LogP contribution in [0.15, 0.2) is 14.7 Å². The molecule has 0 saturated carbocycles. The molecule has 0 radical (unpaired) electrons. The standard InChI is InChI=1S/C10H15BrN2O3S2/c11-10-9(6-8(7-12)17-10)18(14,15)13-2-1-4-16-5-3-13/h6H,1-5,7,12H2. The van der Waals surface area contributed by atoms with Crippen LogP contribution >= 0.6 is 27.3 Å². The highest BCUT2D eigenvalue weighted by molar-refractivity contribution is 9.11. The van der Waals surface area contributed by atoms with Gasteiger partial charge in [-0.25, -0.2) is 8.42 Å². The lowest BCUT2D eigenvalue weighted by Gasteiger charge is -2.18. The van der Waals surface area contributed by atoms with E-state index in [1.165, 1.54) is 15.6 Å². The highest BCUT2D eigenvalue weighted by atomic mass is 79.9. The first-order valence-corrected chi connectivity index (χ1v) is 8.67. The van der Waals surface area contributed by atoms with Gasteiger partial charge in [0.1, 0.15) is 4.90 Å². The van der Waals surface area contributed by atoms with Gasteiger partial charge < -0.3 is 10.5 Å². The van der Waals surface area contributed by atoms with Crippen LogP contribution in [-0.4, -0.2) is 39.0 Å². The normalized spacial score (nSPS) is 18.8. The second kappa shape index (κ2) is 5.98. The average molecular weight is 355 g/mol. The molecule has 2 heterocycles. The third kappa shape index (κ3) is 2.94. The minimum absolute atomic E-state index is 0.315. The third-order valence-electron chi connectivity index (χ3n) is 2.71. The molecule has 1 aromatic heterocycles. The Morgan fingerprint density at radius 1 is 1.44 bits per heavy atom. The first-order chi connectivity index (χ1) is 8.55. The van der Waals surface area contributed by atoms with Gasteiger partial charge in [0.15, 0.2) is 0 Å². The molecule has 1 aromatic rings. The van der Waals surface area contributed by atoms with Gasteiger partial charge in [0.05, 0.1) is 10.4 Å². The Morgan fingerprint density at radius 3 is 2.89 bits per heavy atom. The number of nitrogens with zero attached hydrogens (tertiary/aromatic N) is 1. The Labute approximate surface area is 119 Å². The predicted octanol–water partition coefficient (Wildman–Crippen LogP) is 1.38. The number of rotatable bonds is 3. The zero-order chi connectivity index (χ0) is 13.2. The average Bonchev–Trinajstić information content (AvgIpc) is 2.55. The lowest BCUT2D eigenvalue weighted by molar-refractivity contribution is 0.148. The van der Waals surface area contributed by atoms with Gasteiger partial charge in [-0.2, -0.15) is 4.31 Å². The monoisotopic (exact) mass is 354 g/mol. The van der Waals surface area contributed by atoms with E-state index in [4.69, 9.17) is 10.5 Å². The molecule has 1 aliphatic heterocycles. The van der Waals surface area contributed by atoms with Crippen molar-refractivity contribution in [2.75, 3.05) is 26.3 Å². The van der Waals surface area contributed by atoms with Gasteiger partial charge in [-0.05, 0) is 28.4 Å². The second-order valence-corrected chi connectivity index (χ2v) is 8.29. The number of thiophene rings is 1. The summed E-state index contributed by atoms with van der Waals surface area (Å²) in [7, 11) is -3.44. The van der Waals surface area contributed by atoms with Crippen molar-refractivity contribution in [2.24, 2.45) is 5.73 Å². The van der Waals surface area contributed by atoms with Crippen LogP contribution in [0.25, 0.3) is 0 Å². The molecule has 0 unspecified atom stereocenters. The second-order valence-electron chi connectivity index (χ2n) is 3.92. The number of sulfonamides is 1. The molecule has 0 amide bonds. The number of hydrogen-bond acceptors (Lipinski definition) is 5. The molecule has 1 fully saturated rings. The van der Waals surface area contributed by atoms with Crippen molar-refractivity contribution >= 4 is 37.3 Å². The quantitative estimate of drug-likeness (QED) is 0.889. The van der Waals surface area contributed by atoms with Crippen molar-refractivity contribution in [1.29, 1.82) is 0 Å². The molecule has 8 heteroatoms. The van der Waals surface area contributed by atoms with Gasteiger partial charge in [-0.3, -0.25) is 0 Å². The molecule has 2 N–H and O–H groups in total. The van der Waals surface area contributed by atoms with Crippen LogP contribution in [0.3, 0.4) is 0 Å². The molecule has 2 rings (SSSR count). The Kier molecular flexibility index (Phi) is 4.79. The van der Waals surface area contributed by atoms with Crippen LogP contribution in [0.5, 0.6) is 0 Å². The van der Waals surface area contributed by atoms with Gasteiger partial charge in [-0.1, -0.05) is 0 Å². The maximum absolute atomic E-state index is 12.5. The molecule has 102 valence electrons. The molecule has 18 heavy (non-hydrogen) atoms. The van der Waals surface area contributed by atoms with E-state index in [1.807, 2.05) is 0 Å². The summed E-state index contributed by atoms with van der Waals surface area (Å²) in [5.74, 6) is 0. The van der Waals surface area contributed by atoms with Gasteiger partial charge in [0.25, 0.3) is 0 Å². The van der Waals surface area contributed by atoms with Gasteiger partial charge >= 0.3 is 0 Å². The van der Waals surface area contributed by atoms with Crippen molar-refractivity contribution in [1.82, 2.24) is 4.31 Å². The molecule has 0 aromatic carbocycles. The van der Waals surface area contributed by atoms with E-state index in [2.05, 4.69) is 15.9 Å². The Morgan fingerprint density at radius 2 is 2.22 bits per heavy atom. The molecule has 0 aliphatic carbocycles. The summed E-state index contributed by atoms with van der Waals surface area (Å²) < 4.78 is 32.4. The van der Waals surface area contributed by atoms with Crippen LogP contribution in [0.2, 0.25) is 0 Å². The van der Waals surface area contributed by atoms with Crippen molar-refractivity contribution in [2.45, 2.75) is 17.9 Å². The third-order valence-corrected chi connectivity index (χ3v) is 6.88. The first-order valence-electron chi connectivity index (χ1n) is 5.62. The number of ether oxygens (including phenoxy) is 1. The van der Waals surface area contributed by atoms with Crippen LogP contribution in [0, 0.1) is 0 Å². The Bertz CT molecular complexity index is 507. The Hall–Kier alpha value is 0.01000. The zero-order valence-electron chi connectivity index (χ0n) is 9.76. The van der Waals surface area contributed by atoms with Gasteiger partial charge in [0, 0.05) is 31.1 Å². The lowest BCUT2D eigenvalue weighted by atomic mass is 10.5. The fraction of sp³-hybridized carbons (Fsp3) is 0.600. The summed E-state index contributed by atoms with van der Waals surface area (Å²) >= 11 is 4.67.